The van der Waals surface area contributed by atoms with Crippen molar-refractivity contribution < 1.29 is 4.79 Å². The molecular formula is C18H12ClN3O. The topological polar surface area (TPSA) is 65.8 Å². The minimum atomic E-state index is -0.163. The van der Waals surface area contributed by atoms with Crippen molar-refractivity contribution in [1.29, 1.82) is 5.26 Å². The second kappa shape index (κ2) is 6.47. The molecule has 1 N–H and O–H groups in total. The molecule has 0 saturated carbocycles. The number of hydrogen-bond acceptors (Lipinski definition) is 3. The third-order valence-corrected chi connectivity index (χ3v) is 3.66. The van der Waals surface area contributed by atoms with Crippen molar-refractivity contribution >= 4 is 34.0 Å². The van der Waals surface area contributed by atoms with E-state index < -0.39 is 0 Å². The van der Waals surface area contributed by atoms with Gasteiger partial charge in [-0.25, -0.2) is 4.98 Å². The highest BCUT2D eigenvalue weighted by Crippen LogP contribution is 2.24. The summed E-state index contributed by atoms with van der Waals surface area (Å²) in [6.45, 7) is 0. The lowest BCUT2D eigenvalue weighted by atomic mass is 10.1. The van der Waals surface area contributed by atoms with Crippen LogP contribution in [0.5, 0.6) is 0 Å². The largest absolute Gasteiger partial charge is 0.324 e. The maximum absolute atomic E-state index is 12.2. The number of rotatable bonds is 3. The fourth-order valence-corrected chi connectivity index (χ4v) is 2.62. The third kappa shape index (κ3) is 3.31. The molecular weight excluding hydrogens is 310 g/mol. The first kappa shape index (κ1) is 15.0. The highest BCUT2D eigenvalue weighted by Gasteiger charge is 2.10. The van der Waals surface area contributed by atoms with Crippen LogP contribution in [0.1, 0.15) is 11.3 Å². The molecule has 0 fully saturated rings. The van der Waals surface area contributed by atoms with Crippen LogP contribution >= 0.6 is 11.6 Å². The van der Waals surface area contributed by atoms with E-state index in [9.17, 15) is 4.79 Å². The molecule has 3 aromatic rings. The highest BCUT2D eigenvalue weighted by molar-refractivity contribution is 6.30. The number of nitrogens with zero attached hydrogens (tertiary/aromatic N) is 2. The van der Waals surface area contributed by atoms with Gasteiger partial charge in [0.05, 0.1) is 18.3 Å². The SMILES string of the molecule is N#Cc1ncc(NC(=O)Cc2cccc(Cl)c2)c2ccccc12. The lowest BCUT2D eigenvalue weighted by Crippen LogP contribution is -2.15. The minimum absolute atomic E-state index is 0.163. The monoisotopic (exact) mass is 321 g/mol. The third-order valence-electron chi connectivity index (χ3n) is 3.43. The quantitative estimate of drug-likeness (QED) is 0.794. The normalized spacial score (nSPS) is 10.3. The molecule has 1 amide bonds. The van der Waals surface area contributed by atoms with Gasteiger partial charge in [0.2, 0.25) is 5.91 Å². The van der Waals surface area contributed by atoms with Gasteiger partial charge in [-0.1, -0.05) is 48.0 Å². The molecule has 0 aliphatic carbocycles. The maximum atomic E-state index is 12.2. The molecule has 23 heavy (non-hydrogen) atoms. The van der Waals surface area contributed by atoms with Gasteiger partial charge >= 0.3 is 0 Å². The van der Waals surface area contributed by atoms with Crippen molar-refractivity contribution in [2.75, 3.05) is 5.32 Å². The van der Waals surface area contributed by atoms with Crippen LogP contribution in [0.4, 0.5) is 5.69 Å². The molecule has 0 bridgehead atoms. The van der Waals surface area contributed by atoms with Crippen LogP contribution in [-0.2, 0) is 11.2 Å². The van der Waals surface area contributed by atoms with Gasteiger partial charge in [-0.05, 0) is 17.7 Å². The van der Waals surface area contributed by atoms with E-state index in [4.69, 9.17) is 16.9 Å². The van der Waals surface area contributed by atoms with Gasteiger partial charge in [-0.2, -0.15) is 5.26 Å². The van der Waals surface area contributed by atoms with Crippen molar-refractivity contribution in [3.63, 3.8) is 0 Å². The molecule has 0 spiro atoms. The predicted molar refractivity (Wildman–Crippen MR) is 90.2 cm³/mol. The minimum Gasteiger partial charge on any atom is -0.324 e. The number of aromatic nitrogens is 1. The number of halogens is 1. The Kier molecular flexibility index (Phi) is 4.22. The number of benzene rings is 2. The maximum Gasteiger partial charge on any atom is 0.228 e. The molecule has 2 aromatic carbocycles. The lowest BCUT2D eigenvalue weighted by molar-refractivity contribution is -0.115. The summed E-state index contributed by atoms with van der Waals surface area (Å²) in [7, 11) is 0. The average molecular weight is 322 g/mol. The Morgan fingerprint density at radius 3 is 2.70 bits per heavy atom. The van der Waals surface area contributed by atoms with E-state index in [-0.39, 0.29) is 12.3 Å². The van der Waals surface area contributed by atoms with E-state index in [0.717, 1.165) is 16.3 Å². The number of anilines is 1. The van der Waals surface area contributed by atoms with Gasteiger partial charge in [-0.3, -0.25) is 4.79 Å². The fraction of sp³-hybridized carbons (Fsp3) is 0.0556. The van der Waals surface area contributed by atoms with E-state index in [1.165, 1.54) is 6.20 Å². The number of fused-ring (bicyclic) bond motifs is 1. The Bertz CT molecular complexity index is 931. The first-order chi connectivity index (χ1) is 11.2. The van der Waals surface area contributed by atoms with E-state index in [2.05, 4.69) is 16.4 Å². The zero-order chi connectivity index (χ0) is 16.2. The lowest BCUT2D eigenvalue weighted by Gasteiger charge is -2.09. The van der Waals surface area contributed by atoms with Crippen molar-refractivity contribution in [1.82, 2.24) is 4.98 Å². The Morgan fingerprint density at radius 2 is 1.96 bits per heavy atom. The smallest absolute Gasteiger partial charge is 0.228 e. The summed E-state index contributed by atoms with van der Waals surface area (Å²) >= 11 is 5.93. The highest BCUT2D eigenvalue weighted by atomic mass is 35.5. The van der Waals surface area contributed by atoms with Gasteiger partial charge in [-0.15, -0.1) is 0 Å². The standard InChI is InChI=1S/C18H12ClN3O/c19-13-5-3-4-12(8-13)9-18(23)22-17-11-21-16(10-20)14-6-1-2-7-15(14)17/h1-8,11H,9H2,(H,22,23). The van der Waals surface area contributed by atoms with Crippen molar-refractivity contribution in [3.8, 4) is 6.07 Å². The molecule has 5 heteroatoms. The average Bonchev–Trinajstić information content (AvgIpc) is 2.55. The van der Waals surface area contributed by atoms with Crippen LogP contribution in [0.15, 0.2) is 54.7 Å². The second-order valence-electron chi connectivity index (χ2n) is 5.03. The van der Waals surface area contributed by atoms with Crippen LogP contribution in [0.25, 0.3) is 10.8 Å². The van der Waals surface area contributed by atoms with Gasteiger partial charge in [0, 0.05) is 15.8 Å². The number of carbonyl (C=O) groups is 1. The predicted octanol–water partition coefficient (Wildman–Crippen LogP) is 3.94. The molecule has 4 nitrogen and oxygen atoms in total. The Hall–Kier alpha value is -2.90. The molecule has 0 radical (unpaired) electrons. The van der Waals surface area contributed by atoms with E-state index in [0.29, 0.717) is 16.4 Å². The molecule has 3 rings (SSSR count). The number of pyridine rings is 1. The van der Waals surface area contributed by atoms with Crippen molar-refractivity contribution in [2.24, 2.45) is 0 Å². The summed E-state index contributed by atoms with van der Waals surface area (Å²) in [5.41, 5.74) is 1.76. The number of amides is 1. The Morgan fingerprint density at radius 1 is 1.17 bits per heavy atom. The van der Waals surface area contributed by atoms with Gasteiger partial charge < -0.3 is 5.32 Å². The van der Waals surface area contributed by atoms with Crippen molar-refractivity contribution in [2.45, 2.75) is 6.42 Å². The fourth-order valence-electron chi connectivity index (χ4n) is 2.41. The van der Waals surface area contributed by atoms with Crippen LogP contribution < -0.4 is 5.32 Å². The van der Waals surface area contributed by atoms with Crippen LogP contribution in [0, 0.1) is 11.3 Å². The zero-order valence-electron chi connectivity index (χ0n) is 12.1. The summed E-state index contributed by atoms with van der Waals surface area (Å²) in [6, 6.07) is 16.6. The molecule has 1 heterocycles. The van der Waals surface area contributed by atoms with Crippen LogP contribution in [0.2, 0.25) is 5.02 Å². The number of nitriles is 1. The molecule has 0 unspecified atom stereocenters. The Balaban J connectivity index is 1.87. The molecule has 112 valence electrons. The molecule has 0 aliphatic heterocycles. The first-order valence-corrected chi connectivity index (χ1v) is 7.37. The van der Waals surface area contributed by atoms with Crippen molar-refractivity contribution in [3.05, 3.63) is 71.0 Å². The summed E-state index contributed by atoms with van der Waals surface area (Å²) in [4.78, 5) is 16.3. The van der Waals surface area contributed by atoms with E-state index in [1.807, 2.05) is 36.4 Å². The van der Waals surface area contributed by atoms with Gasteiger partial charge in [0.15, 0.2) is 0 Å². The molecule has 0 saturated heterocycles. The number of nitrogens with one attached hydrogen (secondary N) is 1. The van der Waals surface area contributed by atoms with E-state index >= 15 is 0 Å². The summed E-state index contributed by atoms with van der Waals surface area (Å²) in [5.74, 6) is -0.163. The number of hydrogen-bond donors (Lipinski definition) is 1. The molecule has 0 aliphatic rings. The van der Waals surface area contributed by atoms with Crippen LogP contribution in [0.3, 0.4) is 0 Å². The first-order valence-electron chi connectivity index (χ1n) is 6.99. The van der Waals surface area contributed by atoms with Gasteiger partial charge in [0.25, 0.3) is 0 Å². The Labute approximate surface area is 138 Å². The van der Waals surface area contributed by atoms with Gasteiger partial charge in [0.1, 0.15) is 11.8 Å². The summed E-state index contributed by atoms with van der Waals surface area (Å²) in [5, 5.41) is 14.1. The summed E-state index contributed by atoms with van der Waals surface area (Å²) < 4.78 is 0. The second-order valence-corrected chi connectivity index (χ2v) is 5.47. The number of carbonyl (C=O) groups excluding carboxylic acids is 1. The van der Waals surface area contributed by atoms with Crippen LogP contribution in [-0.4, -0.2) is 10.9 Å². The summed E-state index contributed by atoms with van der Waals surface area (Å²) in [6.07, 6.45) is 1.73. The van der Waals surface area contributed by atoms with E-state index in [1.54, 1.807) is 12.1 Å². The molecule has 0 atom stereocenters. The zero-order valence-corrected chi connectivity index (χ0v) is 12.8. The molecule has 1 aromatic heterocycles.